The van der Waals surface area contributed by atoms with Gasteiger partial charge in [0, 0.05) is 56.7 Å². The lowest BCUT2D eigenvalue weighted by Crippen LogP contribution is -2.30. The van der Waals surface area contributed by atoms with Crippen LogP contribution in [-0.4, -0.2) is 53.4 Å². The molecule has 8 heteroatoms. The first-order chi connectivity index (χ1) is 12.6. The maximum absolute atomic E-state index is 12.0. The number of methoxy groups -OCH3 is 1. The van der Waals surface area contributed by atoms with Crippen LogP contribution < -0.4 is 10.6 Å². The first-order valence-electron chi connectivity index (χ1n) is 8.48. The summed E-state index contributed by atoms with van der Waals surface area (Å²) >= 11 is 1.55. The topological polar surface area (TPSA) is 89.0 Å². The summed E-state index contributed by atoms with van der Waals surface area (Å²) in [5.74, 6) is 1.32. The van der Waals surface area contributed by atoms with Gasteiger partial charge in [0.2, 0.25) is 5.91 Å². The Morgan fingerprint density at radius 1 is 1.38 bits per heavy atom. The monoisotopic (exact) mass is 375 g/mol. The van der Waals surface area contributed by atoms with E-state index in [0.29, 0.717) is 31.2 Å². The van der Waals surface area contributed by atoms with E-state index < -0.39 is 0 Å². The van der Waals surface area contributed by atoms with Gasteiger partial charge in [0.05, 0.1) is 0 Å². The zero-order valence-corrected chi connectivity index (χ0v) is 16.2. The number of anilines is 1. The van der Waals surface area contributed by atoms with Gasteiger partial charge in [-0.25, -0.2) is 9.97 Å². The van der Waals surface area contributed by atoms with Crippen LogP contribution in [0, 0.1) is 0 Å². The minimum atomic E-state index is -0.0521. The lowest BCUT2D eigenvalue weighted by molar-refractivity contribution is -0.121. The molecule has 26 heavy (non-hydrogen) atoms. The zero-order chi connectivity index (χ0) is 18.8. The molecule has 7 nitrogen and oxygen atoms in total. The number of aromatic nitrogens is 3. The van der Waals surface area contributed by atoms with Gasteiger partial charge >= 0.3 is 0 Å². The minimum absolute atomic E-state index is 0.00716. The van der Waals surface area contributed by atoms with E-state index in [4.69, 9.17) is 4.74 Å². The second kappa shape index (κ2) is 10.7. The number of pyridine rings is 1. The van der Waals surface area contributed by atoms with E-state index >= 15 is 0 Å². The van der Waals surface area contributed by atoms with E-state index in [1.54, 1.807) is 31.3 Å². The number of ether oxygens (including phenoxy) is 1. The van der Waals surface area contributed by atoms with Crippen molar-refractivity contribution in [3.05, 3.63) is 30.6 Å². The average Bonchev–Trinajstić information content (AvgIpc) is 2.65. The Kier molecular flexibility index (Phi) is 8.30. The molecule has 1 atom stereocenters. The molecule has 0 aliphatic heterocycles. The van der Waals surface area contributed by atoms with Gasteiger partial charge in [-0.15, -0.1) is 11.8 Å². The highest BCUT2D eigenvalue weighted by atomic mass is 32.2. The number of amides is 1. The van der Waals surface area contributed by atoms with Gasteiger partial charge in [-0.05, 0) is 31.7 Å². The van der Waals surface area contributed by atoms with E-state index in [9.17, 15) is 4.79 Å². The quantitative estimate of drug-likeness (QED) is 0.375. The van der Waals surface area contributed by atoms with Crippen molar-refractivity contribution >= 4 is 23.5 Å². The van der Waals surface area contributed by atoms with Gasteiger partial charge < -0.3 is 15.4 Å². The molecule has 140 valence electrons. The van der Waals surface area contributed by atoms with E-state index in [2.05, 4.69) is 25.6 Å². The molecule has 0 unspecified atom stereocenters. The third-order valence-electron chi connectivity index (χ3n) is 3.56. The van der Waals surface area contributed by atoms with Crippen molar-refractivity contribution in [2.24, 2.45) is 0 Å². The van der Waals surface area contributed by atoms with Gasteiger partial charge in [-0.1, -0.05) is 0 Å². The molecule has 1 amide bonds. The first kappa shape index (κ1) is 20.1. The van der Waals surface area contributed by atoms with E-state index in [-0.39, 0.29) is 11.9 Å². The van der Waals surface area contributed by atoms with E-state index in [0.717, 1.165) is 17.0 Å². The summed E-state index contributed by atoms with van der Waals surface area (Å²) in [5, 5.41) is 7.04. The lowest BCUT2D eigenvalue weighted by atomic mass is 10.2. The summed E-state index contributed by atoms with van der Waals surface area (Å²) in [6.45, 7) is 3.22. The second-order valence-electron chi connectivity index (χ2n) is 5.81. The van der Waals surface area contributed by atoms with Crippen LogP contribution in [0.5, 0.6) is 0 Å². The van der Waals surface area contributed by atoms with Crippen LogP contribution in [0.3, 0.4) is 0 Å². The Bertz CT molecular complexity index is 699. The number of thioether (sulfide) groups is 1. The highest BCUT2D eigenvalue weighted by molar-refractivity contribution is 7.98. The normalized spacial score (nSPS) is 11.8. The van der Waals surface area contributed by atoms with Gasteiger partial charge in [-0.3, -0.25) is 9.78 Å². The van der Waals surface area contributed by atoms with Crippen LogP contribution in [0.1, 0.15) is 19.8 Å². The summed E-state index contributed by atoms with van der Waals surface area (Å²) in [6, 6.07) is 5.61. The van der Waals surface area contributed by atoms with Crippen LogP contribution in [0.15, 0.2) is 35.6 Å². The maximum atomic E-state index is 12.0. The fourth-order valence-corrected chi connectivity index (χ4v) is 2.73. The van der Waals surface area contributed by atoms with Crippen molar-refractivity contribution < 1.29 is 9.53 Å². The van der Waals surface area contributed by atoms with Crippen molar-refractivity contribution in [2.75, 3.05) is 31.8 Å². The molecule has 0 radical (unpaired) electrons. The number of carbonyl (C=O) groups is 1. The standard InChI is InChI=1S/C18H25N5O2S/c1-13(10-16(24)20-8-5-9-25-2)21-15-11-17(26-3)23-18(22-15)14-6-4-7-19-12-14/h4,6-7,11-13H,5,8-10H2,1-3H3,(H,20,24)(H,21,22,23)/t13-/m0/s1. The molecule has 0 aliphatic rings. The first-order valence-corrected chi connectivity index (χ1v) is 9.70. The van der Waals surface area contributed by atoms with E-state index in [1.807, 2.05) is 31.4 Å². The van der Waals surface area contributed by atoms with Crippen molar-refractivity contribution in [2.45, 2.75) is 30.8 Å². The molecular formula is C18H25N5O2S. The third kappa shape index (κ3) is 6.61. The molecule has 0 fully saturated rings. The molecule has 2 rings (SSSR count). The number of nitrogens with zero attached hydrogens (tertiary/aromatic N) is 3. The van der Waals surface area contributed by atoms with Gasteiger partial charge in [0.25, 0.3) is 0 Å². The number of rotatable bonds is 10. The molecule has 0 saturated heterocycles. The highest BCUT2D eigenvalue weighted by Crippen LogP contribution is 2.22. The zero-order valence-electron chi connectivity index (χ0n) is 15.4. The predicted octanol–water partition coefficient (Wildman–Crippen LogP) is 2.60. The fraction of sp³-hybridized carbons (Fsp3) is 0.444. The van der Waals surface area contributed by atoms with Crippen LogP contribution in [0.4, 0.5) is 5.82 Å². The van der Waals surface area contributed by atoms with Gasteiger partial charge in [-0.2, -0.15) is 0 Å². The highest BCUT2D eigenvalue weighted by Gasteiger charge is 2.12. The van der Waals surface area contributed by atoms with Crippen LogP contribution in [-0.2, 0) is 9.53 Å². The van der Waals surface area contributed by atoms with Crippen LogP contribution in [0.25, 0.3) is 11.4 Å². The summed E-state index contributed by atoms with van der Waals surface area (Å²) < 4.78 is 4.97. The Morgan fingerprint density at radius 2 is 2.23 bits per heavy atom. The number of nitrogens with one attached hydrogen (secondary N) is 2. The number of hydrogen-bond donors (Lipinski definition) is 2. The molecule has 2 aromatic heterocycles. The van der Waals surface area contributed by atoms with Gasteiger partial charge in [0.15, 0.2) is 5.82 Å². The number of hydrogen-bond acceptors (Lipinski definition) is 7. The largest absolute Gasteiger partial charge is 0.385 e. The molecule has 2 N–H and O–H groups in total. The Balaban J connectivity index is 1.98. The van der Waals surface area contributed by atoms with Crippen molar-refractivity contribution in [1.29, 1.82) is 0 Å². The van der Waals surface area contributed by atoms with Crippen molar-refractivity contribution in [1.82, 2.24) is 20.3 Å². The Labute approximate surface area is 158 Å². The summed E-state index contributed by atoms with van der Waals surface area (Å²) in [7, 11) is 1.65. The van der Waals surface area contributed by atoms with Crippen LogP contribution in [0.2, 0.25) is 0 Å². The average molecular weight is 375 g/mol. The molecule has 2 heterocycles. The number of carbonyl (C=O) groups excluding carboxylic acids is 1. The molecule has 2 aromatic rings. The van der Waals surface area contributed by atoms with E-state index in [1.165, 1.54) is 0 Å². The second-order valence-corrected chi connectivity index (χ2v) is 6.63. The Morgan fingerprint density at radius 3 is 2.92 bits per heavy atom. The van der Waals surface area contributed by atoms with Gasteiger partial charge in [0.1, 0.15) is 10.8 Å². The molecule has 0 aromatic carbocycles. The molecule has 0 bridgehead atoms. The van der Waals surface area contributed by atoms with Crippen LogP contribution >= 0.6 is 11.8 Å². The predicted molar refractivity (Wildman–Crippen MR) is 104 cm³/mol. The summed E-state index contributed by atoms with van der Waals surface area (Å²) in [6.07, 6.45) is 6.60. The summed E-state index contributed by atoms with van der Waals surface area (Å²) in [5.41, 5.74) is 0.856. The fourth-order valence-electron chi connectivity index (χ4n) is 2.33. The lowest BCUT2D eigenvalue weighted by Gasteiger charge is -2.15. The molecule has 0 aliphatic carbocycles. The van der Waals surface area contributed by atoms with Crippen molar-refractivity contribution in [3.63, 3.8) is 0 Å². The smallest absolute Gasteiger partial charge is 0.222 e. The Hall–Kier alpha value is -2.19. The molecule has 0 spiro atoms. The molecule has 0 saturated carbocycles. The third-order valence-corrected chi connectivity index (χ3v) is 4.19. The SMILES string of the molecule is COCCCNC(=O)C[C@H](C)Nc1cc(SC)nc(-c2cccnc2)n1. The molecular weight excluding hydrogens is 350 g/mol. The van der Waals surface area contributed by atoms with Crippen molar-refractivity contribution in [3.8, 4) is 11.4 Å². The maximum Gasteiger partial charge on any atom is 0.222 e. The summed E-state index contributed by atoms with van der Waals surface area (Å²) in [4.78, 5) is 25.2. The minimum Gasteiger partial charge on any atom is -0.385 e.